The molecule has 228 valence electrons. The zero-order chi connectivity index (χ0) is 31.2. The van der Waals surface area contributed by atoms with E-state index in [1.807, 2.05) is 55.7 Å². The first-order valence-corrected chi connectivity index (χ1v) is 14.6. The van der Waals surface area contributed by atoms with Gasteiger partial charge in [-0.05, 0) is 63.9 Å². The summed E-state index contributed by atoms with van der Waals surface area (Å²) in [6, 6.07) is 14.8. The standard InChI is InChI=1S/C32H36N8O4/c1-31(2,3)44-29(43)32-14-13-21(37-32)16-26(41)39(19-32)23-11-12-25(33-18-23)35-30-34-17-20-15-24(28(42)38(4)5)40(27(20)36-30)22-9-7-6-8-10-22/h6-12,15,17-18,21,37H,13-14,16,19H2,1-5H3,(H,33,34,35,36). The van der Waals surface area contributed by atoms with Gasteiger partial charge in [-0.2, -0.15) is 4.98 Å². The SMILES string of the molecule is CN(C)C(=O)c1cc2cnc(Nc3ccc(N4CC5(C(=O)OC(C)(C)C)CCC(CC4=O)N5)cn3)nc2n1-c1ccccc1. The second-order valence-electron chi connectivity index (χ2n) is 12.5. The normalized spacial score (nSPS) is 20.0. The maximum Gasteiger partial charge on any atom is 0.328 e. The van der Waals surface area contributed by atoms with Crippen molar-refractivity contribution >= 4 is 46.3 Å². The fourth-order valence-corrected chi connectivity index (χ4v) is 5.76. The number of carbonyl (C=O) groups excluding carboxylic acids is 3. The molecule has 5 heterocycles. The van der Waals surface area contributed by atoms with E-state index in [4.69, 9.17) is 9.72 Å². The number of para-hydroxylation sites is 1. The lowest BCUT2D eigenvalue weighted by Gasteiger charge is -2.34. The van der Waals surface area contributed by atoms with E-state index in [1.165, 1.54) is 4.90 Å². The third-order valence-corrected chi connectivity index (χ3v) is 7.82. The third-order valence-electron chi connectivity index (χ3n) is 7.82. The van der Waals surface area contributed by atoms with Crippen molar-refractivity contribution in [3.05, 3.63) is 66.6 Å². The maximum absolute atomic E-state index is 13.3. The predicted molar refractivity (Wildman–Crippen MR) is 166 cm³/mol. The number of benzene rings is 1. The van der Waals surface area contributed by atoms with Gasteiger partial charge >= 0.3 is 5.97 Å². The fraction of sp³-hybridized carbons (Fsp3) is 0.375. The fourth-order valence-electron chi connectivity index (χ4n) is 5.76. The highest BCUT2D eigenvalue weighted by Gasteiger charge is 2.52. The smallest absolute Gasteiger partial charge is 0.328 e. The highest BCUT2D eigenvalue weighted by atomic mass is 16.6. The molecule has 12 heteroatoms. The summed E-state index contributed by atoms with van der Waals surface area (Å²) in [4.78, 5) is 56.4. The number of nitrogens with zero attached hydrogens (tertiary/aromatic N) is 6. The van der Waals surface area contributed by atoms with Crippen LogP contribution in [0, 0.1) is 0 Å². The number of rotatable bonds is 6. The number of pyridine rings is 1. The van der Waals surface area contributed by atoms with Crippen molar-refractivity contribution in [3.8, 4) is 5.69 Å². The van der Waals surface area contributed by atoms with E-state index in [-0.39, 0.29) is 36.8 Å². The van der Waals surface area contributed by atoms with Crippen molar-refractivity contribution in [3.63, 3.8) is 0 Å². The molecule has 1 aromatic carbocycles. The number of amides is 2. The van der Waals surface area contributed by atoms with Crippen LogP contribution >= 0.6 is 0 Å². The Kier molecular flexibility index (Phi) is 7.32. The van der Waals surface area contributed by atoms with Gasteiger partial charge in [-0.25, -0.2) is 14.8 Å². The van der Waals surface area contributed by atoms with E-state index in [0.717, 1.165) is 17.5 Å². The molecule has 44 heavy (non-hydrogen) atoms. The highest BCUT2D eigenvalue weighted by molar-refractivity contribution is 5.99. The van der Waals surface area contributed by atoms with Gasteiger partial charge in [0.25, 0.3) is 5.91 Å². The van der Waals surface area contributed by atoms with E-state index in [2.05, 4.69) is 20.6 Å². The summed E-state index contributed by atoms with van der Waals surface area (Å²) in [7, 11) is 3.42. The molecule has 0 saturated carbocycles. The van der Waals surface area contributed by atoms with E-state index in [9.17, 15) is 14.4 Å². The lowest BCUT2D eigenvalue weighted by Crippen LogP contribution is -2.57. The number of fused-ring (bicyclic) bond motifs is 3. The van der Waals surface area contributed by atoms with Gasteiger partial charge in [0.2, 0.25) is 11.9 Å². The van der Waals surface area contributed by atoms with Gasteiger partial charge in [0.05, 0.1) is 18.4 Å². The summed E-state index contributed by atoms with van der Waals surface area (Å²) in [6.07, 6.45) is 4.89. The summed E-state index contributed by atoms with van der Waals surface area (Å²) in [5.41, 5.74) is 0.817. The van der Waals surface area contributed by atoms with Crippen LogP contribution in [0.5, 0.6) is 0 Å². The number of carbonyl (C=O) groups is 3. The molecule has 4 aromatic rings. The Hall–Kier alpha value is -4.84. The minimum Gasteiger partial charge on any atom is -0.459 e. The van der Waals surface area contributed by atoms with Crippen LogP contribution in [0.4, 0.5) is 17.5 Å². The van der Waals surface area contributed by atoms with Crippen molar-refractivity contribution in [2.75, 3.05) is 30.9 Å². The predicted octanol–water partition coefficient (Wildman–Crippen LogP) is 3.83. The quantitative estimate of drug-likeness (QED) is 0.319. The van der Waals surface area contributed by atoms with Gasteiger partial charge in [-0.15, -0.1) is 0 Å². The van der Waals surface area contributed by atoms with Crippen molar-refractivity contribution in [2.45, 2.75) is 57.2 Å². The van der Waals surface area contributed by atoms with Crippen molar-refractivity contribution in [1.82, 2.24) is 29.7 Å². The molecule has 2 saturated heterocycles. The first-order chi connectivity index (χ1) is 20.9. The molecule has 2 bridgehead atoms. The average Bonchev–Trinajstić information content (AvgIpc) is 3.53. The summed E-state index contributed by atoms with van der Waals surface area (Å²) >= 11 is 0. The second-order valence-corrected chi connectivity index (χ2v) is 12.5. The first kappa shape index (κ1) is 29.2. The molecular formula is C32H36N8O4. The van der Waals surface area contributed by atoms with Crippen molar-refractivity contribution < 1.29 is 19.1 Å². The molecule has 0 aliphatic carbocycles. The molecule has 2 amide bonds. The Morgan fingerprint density at radius 1 is 1.07 bits per heavy atom. The second kappa shape index (κ2) is 11.0. The summed E-state index contributed by atoms with van der Waals surface area (Å²) in [6.45, 7) is 5.68. The lowest BCUT2D eigenvalue weighted by molar-refractivity contribution is -0.162. The zero-order valence-corrected chi connectivity index (χ0v) is 25.5. The summed E-state index contributed by atoms with van der Waals surface area (Å²) < 4.78 is 7.56. The van der Waals surface area contributed by atoms with Crippen LogP contribution in [0.15, 0.2) is 60.9 Å². The van der Waals surface area contributed by atoms with Crippen molar-refractivity contribution in [2.24, 2.45) is 0 Å². The Morgan fingerprint density at radius 2 is 1.84 bits per heavy atom. The van der Waals surface area contributed by atoms with E-state index < -0.39 is 11.1 Å². The van der Waals surface area contributed by atoms with Crippen LogP contribution in [0.3, 0.4) is 0 Å². The summed E-state index contributed by atoms with van der Waals surface area (Å²) in [5, 5.41) is 7.25. The van der Waals surface area contributed by atoms with Gasteiger partial charge in [0.1, 0.15) is 22.7 Å². The van der Waals surface area contributed by atoms with E-state index >= 15 is 0 Å². The molecular weight excluding hydrogens is 560 g/mol. The average molecular weight is 597 g/mol. The molecule has 2 N–H and O–H groups in total. The Labute approximate surface area is 255 Å². The topological polar surface area (TPSA) is 135 Å². The lowest BCUT2D eigenvalue weighted by atomic mass is 9.94. The number of anilines is 3. The van der Waals surface area contributed by atoms with Gasteiger partial charge in [0.15, 0.2) is 5.65 Å². The molecule has 3 aromatic heterocycles. The highest BCUT2D eigenvalue weighted by Crippen LogP contribution is 2.34. The monoisotopic (exact) mass is 596 g/mol. The maximum atomic E-state index is 13.3. The number of hydrogen-bond acceptors (Lipinski definition) is 9. The number of aromatic nitrogens is 4. The molecule has 12 nitrogen and oxygen atoms in total. The van der Waals surface area contributed by atoms with Crippen LogP contribution in [-0.2, 0) is 14.3 Å². The molecule has 2 atom stereocenters. The van der Waals surface area contributed by atoms with Gasteiger partial charge in [0, 0.05) is 43.8 Å². The van der Waals surface area contributed by atoms with Crippen LogP contribution in [-0.4, -0.2) is 80.0 Å². The zero-order valence-electron chi connectivity index (χ0n) is 25.5. The number of ether oxygens (including phenoxy) is 1. The van der Waals surface area contributed by atoms with Gasteiger partial charge in [-0.3, -0.25) is 19.5 Å². The number of hydrogen-bond donors (Lipinski definition) is 2. The van der Waals surface area contributed by atoms with E-state index in [1.54, 1.807) is 49.6 Å². The van der Waals surface area contributed by atoms with Crippen LogP contribution < -0.4 is 15.5 Å². The van der Waals surface area contributed by atoms with Crippen LogP contribution in [0.2, 0.25) is 0 Å². The molecule has 6 rings (SSSR count). The molecule has 2 unspecified atom stereocenters. The Bertz CT molecular complexity index is 1730. The molecule has 0 spiro atoms. The Balaban J connectivity index is 1.27. The van der Waals surface area contributed by atoms with Crippen molar-refractivity contribution in [1.29, 1.82) is 0 Å². The van der Waals surface area contributed by atoms with E-state index in [0.29, 0.717) is 35.2 Å². The Morgan fingerprint density at radius 3 is 2.52 bits per heavy atom. The molecule has 2 aliphatic heterocycles. The largest absolute Gasteiger partial charge is 0.459 e. The third kappa shape index (κ3) is 5.60. The minimum atomic E-state index is -0.967. The molecule has 0 radical (unpaired) electrons. The van der Waals surface area contributed by atoms with Crippen LogP contribution in [0.1, 0.15) is 50.5 Å². The molecule has 2 fully saturated rings. The number of esters is 1. The first-order valence-electron chi connectivity index (χ1n) is 14.6. The van der Waals surface area contributed by atoms with Gasteiger partial charge < -0.3 is 19.9 Å². The molecule has 2 aliphatic rings. The minimum absolute atomic E-state index is 0.0753. The van der Waals surface area contributed by atoms with Crippen LogP contribution in [0.25, 0.3) is 16.7 Å². The number of nitrogens with one attached hydrogen (secondary N) is 2. The van der Waals surface area contributed by atoms with Gasteiger partial charge in [-0.1, -0.05) is 18.2 Å². The summed E-state index contributed by atoms with van der Waals surface area (Å²) in [5.74, 6) is 0.196.